The van der Waals surface area contributed by atoms with Gasteiger partial charge in [0.2, 0.25) is 10.0 Å². The highest BCUT2D eigenvalue weighted by atomic mass is 32.2. The summed E-state index contributed by atoms with van der Waals surface area (Å²) < 4.78 is 37.9. The van der Waals surface area contributed by atoms with Gasteiger partial charge in [0.15, 0.2) is 0 Å². The van der Waals surface area contributed by atoms with Crippen molar-refractivity contribution in [3.63, 3.8) is 0 Å². The topological polar surface area (TPSA) is 88.2 Å². The summed E-state index contributed by atoms with van der Waals surface area (Å²) in [4.78, 5) is 17.5. The molecule has 2 aliphatic rings. The van der Waals surface area contributed by atoms with E-state index >= 15 is 0 Å². The Morgan fingerprint density at radius 3 is 2.50 bits per heavy atom. The predicted molar refractivity (Wildman–Crippen MR) is 135 cm³/mol. The third-order valence-electron chi connectivity index (χ3n) is 7.09. The zero-order chi connectivity index (χ0) is 24.9. The van der Waals surface area contributed by atoms with Crippen molar-refractivity contribution in [3.8, 4) is 5.75 Å². The van der Waals surface area contributed by atoms with E-state index in [1.165, 1.54) is 32.1 Å². The van der Waals surface area contributed by atoms with Gasteiger partial charge in [0.05, 0.1) is 17.9 Å². The lowest BCUT2D eigenvalue weighted by Gasteiger charge is -2.38. The summed E-state index contributed by atoms with van der Waals surface area (Å²) in [6, 6.07) is 5.02. The highest BCUT2D eigenvalue weighted by Gasteiger charge is 2.30. The molecule has 3 rings (SSSR count). The molecule has 1 saturated carbocycles. The van der Waals surface area contributed by atoms with Gasteiger partial charge in [0.25, 0.3) is 5.91 Å². The molecular weight excluding hydrogens is 454 g/mol. The summed E-state index contributed by atoms with van der Waals surface area (Å²) >= 11 is 0. The minimum atomic E-state index is -3.47. The van der Waals surface area contributed by atoms with Gasteiger partial charge >= 0.3 is 0 Å². The summed E-state index contributed by atoms with van der Waals surface area (Å²) in [6.45, 7) is 7.17. The van der Waals surface area contributed by atoms with E-state index in [4.69, 9.17) is 9.47 Å². The van der Waals surface area contributed by atoms with Crippen molar-refractivity contribution in [1.29, 1.82) is 0 Å². The first kappa shape index (κ1) is 26.8. The van der Waals surface area contributed by atoms with E-state index in [0.29, 0.717) is 36.1 Å². The molecule has 0 bridgehead atoms. The summed E-state index contributed by atoms with van der Waals surface area (Å²) in [6.07, 6.45) is 7.49. The number of rotatable bonds is 5. The minimum absolute atomic E-state index is 0.115. The van der Waals surface area contributed by atoms with Crippen molar-refractivity contribution >= 4 is 21.6 Å². The van der Waals surface area contributed by atoms with Gasteiger partial charge in [-0.1, -0.05) is 26.2 Å². The van der Waals surface area contributed by atoms with Crippen molar-refractivity contribution in [1.82, 2.24) is 9.80 Å². The lowest BCUT2D eigenvalue weighted by Crippen LogP contribution is -2.48. The fraction of sp³-hybridized carbons (Fsp3) is 0.720. The molecule has 9 heteroatoms. The Labute approximate surface area is 205 Å². The van der Waals surface area contributed by atoms with E-state index in [1.54, 1.807) is 37.3 Å². The number of sulfonamides is 1. The summed E-state index contributed by atoms with van der Waals surface area (Å²) in [5, 5.41) is 0. The number of likely N-dealkylation sites (N-methyl/N-ethyl adjacent to an activating group) is 1. The van der Waals surface area contributed by atoms with E-state index in [1.807, 2.05) is 0 Å². The van der Waals surface area contributed by atoms with Crippen LogP contribution in [-0.2, 0) is 14.8 Å². The highest BCUT2D eigenvalue weighted by Crippen LogP contribution is 2.29. The number of hydrogen-bond donors (Lipinski definition) is 1. The van der Waals surface area contributed by atoms with Crippen molar-refractivity contribution in [3.05, 3.63) is 23.8 Å². The molecule has 0 aromatic heterocycles. The lowest BCUT2D eigenvalue weighted by molar-refractivity contribution is 0.00690. The first-order valence-corrected chi connectivity index (χ1v) is 14.2. The SMILES string of the molecule is CO[C@@H]1CN(C)C(=O)c2cc(NS(C)(=O)=O)ccc2OC[C@@H](C)N(CC2CCCCC2)C[C@H]1C. The number of fused-ring (bicyclic) bond motifs is 1. The third-order valence-corrected chi connectivity index (χ3v) is 7.70. The fourth-order valence-corrected chi connectivity index (χ4v) is 5.64. The minimum Gasteiger partial charge on any atom is -0.491 e. The molecule has 0 radical (unpaired) electrons. The first-order chi connectivity index (χ1) is 16.1. The number of amides is 1. The molecule has 1 heterocycles. The van der Waals surface area contributed by atoms with Gasteiger partial charge in [-0.15, -0.1) is 0 Å². The van der Waals surface area contributed by atoms with Crippen LogP contribution in [0.3, 0.4) is 0 Å². The average molecular weight is 496 g/mol. The van der Waals surface area contributed by atoms with E-state index in [-0.39, 0.29) is 24.0 Å². The van der Waals surface area contributed by atoms with Gasteiger partial charge in [0, 0.05) is 45.5 Å². The molecule has 1 aromatic carbocycles. The van der Waals surface area contributed by atoms with Crippen LogP contribution in [0.4, 0.5) is 5.69 Å². The maximum atomic E-state index is 13.3. The number of hydrogen-bond acceptors (Lipinski definition) is 6. The average Bonchev–Trinajstić information content (AvgIpc) is 2.79. The second-order valence-electron chi connectivity index (χ2n) is 10.1. The Morgan fingerprint density at radius 2 is 1.85 bits per heavy atom. The van der Waals surface area contributed by atoms with Crippen LogP contribution in [0.5, 0.6) is 5.75 Å². The second-order valence-corrected chi connectivity index (χ2v) is 11.9. The van der Waals surface area contributed by atoms with Gasteiger partial charge in [-0.3, -0.25) is 14.4 Å². The number of anilines is 1. The fourth-order valence-electron chi connectivity index (χ4n) is 5.08. The molecule has 1 N–H and O–H groups in total. The standard InChI is InChI=1S/C25H41N3O5S/c1-18-14-28(15-20-9-7-6-8-10-20)19(2)17-33-23-12-11-21(26-34(5,30)31)13-22(23)25(29)27(3)16-24(18)32-4/h11-13,18-20,24,26H,6-10,14-17H2,1-5H3/t18-,19-,24-/m1/s1. The summed E-state index contributed by atoms with van der Waals surface area (Å²) in [5.41, 5.74) is 0.674. The van der Waals surface area contributed by atoms with Crippen LogP contribution >= 0.6 is 0 Å². The van der Waals surface area contributed by atoms with Gasteiger partial charge in [-0.05, 0) is 49.8 Å². The number of ether oxygens (including phenoxy) is 2. The van der Waals surface area contributed by atoms with Crippen LogP contribution in [0.15, 0.2) is 18.2 Å². The number of methoxy groups -OCH3 is 1. The molecule has 1 aromatic rings. The number of benzene rings is 1. The molecule has 1 amide bonds. The smallest absolute Gasteiger partial charge is 0.257 e. The van der Waals surface area contributed by atoms with Gasteiger partial charge in [0.1, 0.15) is 12.4 Å². The molecule has 34 heavy (non-hydrogen) atoms. The van der Waals surface area contributed by atoms with Crippen molar-refractivity contribution < 1.29 is 22.7 Å². The van der Waals surface area contributed by atoms with Gasteiger partial charge in [-0.2, -0.15) is 0 Å². The molecule has 3 atom stereocenters. The lowest BCUT2D eigenvalue weighted by atomic mass is 9.88. The number of nitrogens with zero attached hydrogens (tertiary/aromatic N) is 2. The Bertz CT molecular complexity index is 932. The van der Waals surface area contributed by atoms with Crippen LogP contribution in [0.25, 0.3) is 0 Å². The van der Waals surface area contributed by atoms with Crippen molar-refractivity contribution in [2.45, 2.75) is 58.1 Å². The molecule has 0 saturated heterocycles. The van der Waals surface area contributed by atoms with E-state index in [2.05, 4.69) is 23.5 Å². The molecule has 0 unspecified atom stereocenters. The summed E-state index contributed by atoms with van der Waals surface area (Å²) in [7, 11) is -0.0218. The molecule has 0 spiro atoms. The normalized spacial score (nSPS) is 26.2. The van der Waals surface area contributed by atoms with E-state index in [0.717, 1.165) is 19.3 Å². The van der Waals surface area contributed by atoms with Crippen LogP contribution in [-0.4, -0.2) is 82.9 Å². The Morgan fingerprint density at radius 1 is 1.15 bits per heavy atom. The zero-order valence-electron chi connectivity index (χ0n) is 21.2. The van der Waals surface area contributed by atoms with Crippen LogP contribution in [0, 0.1) is 11.8 Å². The van der Waals surface area contributed by atoms with Crippen LogP contribution in [0.1, 0.15) is 56.3 Å². The first-order valence-electron chi connectivity index (χ1n) is 12.3. The maximum absolute atomic E-state index is 13.3. The largest absolute Gasteiger partial charge is 0.491 e. The maximum Gasteiger partial charge on any atom is 0.257 e. The Kier molecular flexibility index (Phi) is 9.23. The second kappa shape index (κ2) is 11.7. The molecule has 1 fully saturated rings. The molecule has 1 aliphatic carbocycles. The Balaban J connectivity index is 1.91. The Hall–Kier alpha value is -1.84. The van der Waals surface area contributed by atoms with Crippen LogP contribution < -0.4 is 9.46 Å². The predicted octanol–water partition coefficient (Wildman–Crippen LogP) is 3.44. The quantitative estimate of drug-likeness (QED) is 0.673. The monoisotopic (exact) mass is 495 g/mol. The van der Waals surface area contributed by atoms with E-state index in [9.17, 15) is 13.2 Å². The molecule has 192 valence electrons. The molecule has 8 nitrogen and oxygen atoms in total. The van der Waals surface area contributed by atoms with Gasteiger partial charge < -0.3 is 14.4 Å². The summed E-state index contributed by atoms with van der Waals surface area (Å²) in [5.74, 6) is 1.17. The van der Waals surface area contributed by atoms with Crippen molar-refractivity contribution in [2.24, 2.45) is 11.8 Å². The number of nitrogens with one attached hydrogen (secondary N) is 1. The number of carbonyl (C=O) groups is 1. The highest BCUT2D eigenvalue weighted by molar-refractivity contribution is 7.92. The third kappa shape index (κ3) is 7.33. The van der Waals surface area contributed by atoms with E-state index < -0.39 is 10.0 Å². The van der Waals surface area contributed by atoms with Crippen LogP contribution in [0.2, 0.25) is 0 Å². The molecule has 1 aliphatic heterocycles. The molecular formula is C25H41N3O5S. The zero-order valence-corrected chi connectivity index (χ0v) is 22.1. The van der Waals surface area contributed by atoms with Gasteiger partial charge in [-0.25, -0.2) is 8.42 Å². The number of carbonyl (C=O) groups excluding carboxylic acids is 1. The van der Waals surface area contributed by atoms with Crippen molar-refractivity contribution in [2.75, 3.05) is 51.4 Å².